The number of rotatable bonds is 4. The maximum Gasteiger partial charge on any atom is 0.416 e. The van der Waals surface area contributed by atoms with Crippen molar-refractivity contribution in [1.29, 1.82) is 0 Å². The van der Waals surface area contributed by atoms with E-state index in [1.54, 1.807) is 6.07 Å². The standard InChI is InChI=1S/C24H28F3NO3S/c1-14-5-11-17(12-6-14)28(18-13-19(23(2,3)4)32-20(18)22(30)31)21(29)15-7-9-16(10-8-15)24(25,26)27/h7-10,13-14,17H,5-6,11-12H2,1-4H3,(H,30,31). The number of carboxylic acids is 1. The monoisotopic (exact) mass is 467 g/mol. The van der Waals surface area contributed by atoms with Crippen molar-refractivity contribution in [3.63, 3.8) is 0 Å². The number of nitrogens with zero attached hydrogens (tertiary/aromatic N) is 1. The zero-order valence-corrected chi connectivity index (χ0v) is 19.4. The highest BCUT2D eigenvalue weighted by Gasteiger charge is 2.35. The Morgan fingerprint density at radius 1 is 1.03 bits per heavy atom. The number of thiophene rings is 1. The second kappa shape index (κ2) is 8.89. The summed E-state index contributed by atoms with van der Waals surface area (Å²) >= 11 is 1.14. The third-order valence-corrected chi connectivity index (χ3v) is 7.47. The van der Waals surface area contributed by atoms with Crippen LogP contribution in [0.5, 0.6) is 0 Å². The molecule has 1 N–H and O–H groups in total. The zero-order valence-electron chi connectivity index (χ0n) is 18.6. The smallest absolute Gasteiger partial charge is 0.416 e. The molecule has 0 aliphatic heterocycles. The second-order valence-corrected chi connectivity index (χ2v) is 10.6. The summed E-state index contributed by atoms with van der Waals surface area (Å²) in [5.41, 5.74) is -0.700. The Labute approximate surface area is 190 Å². The normalized spacial score (nSPS) is 19.6. The third-order valence-electron chi connectivity index (χ3n) is 5.93. The minimum Gasteiger partial charge on any atom is -0.477 e. The number of hydrogen-bond acceptors (Lipinski definition) is 3. The van der Waals surface area contributed by atoms with Gasteiger partial charge in [0.15, 0.2) is 0 Å². The molecule has 1 aromatic carbocycles. The summed E-state index contributed by atoms with van der Waals surface area (Å²) in [6.45, 7) is 8.05. The van der Waals surface area contributed by atoms with Gasteiger partial charge in [0.1, 0.15) is 4.88 Å². The van der Waals surface area contributed by atoms with Crippen molar-refractivity contribution >= 4 is 28.9 Å². The highest BCUT2D eigenvalue weighted by atomic mass is 32.1. The van der Waals surface area contributed by atoms with E-state index >= 15 is 0 Å². The number of benzene rings is 1. The summed E-state index contributed by atoms with van der Waals surface area (Å²) in [7, 11) is 0. The number of carbonyl (C=O) groups excluding carboxylic acids is 1. The maximum absolute atomic E-state index is 13.6. The lowest BCUT2D eigenvalue weighted by atomic mass is 9.86. The fraction of sp³-hybridized carbons (Fsp3) is 0.500. The van der Waals surface area contributed by atoms with Crippen molar-refractivity contribution in [1.82, 2.24) is 0 Å². The van der Waals surface area contributed by atoms with E-state index in [-0.39, 0.29) is 21.9 Å². The Morgan fingerprint density at radius 2 is 1.59 bits per heavy atom. The van der Waals surface area contributed by atoms with Crippen LogP contribution in [-0.2, 0) is 11.6 Å². The van der Waals surface area contributed by atoms with Gasteiger partial charge < -0.3 is 10.0 Å². The first-order valence-corrected chi connectivity index (χ1v) is 11.5. The molecule has 2 aromatic rings. The van der Waals surface area contributed by atoms with Gasteiger partial charge in [0, 0.05) is 16.5 Å². The lowest BCUT2D eigenvalue weighted by Gasteiger charge is -2.36. The molecule has 1 fully saturated rings. The van der Waals surface area contributed by atoms with E-state index in [1.807, 2.05) is 20.8 Å². The van der Waals surface area contributed by atoms with E-state index in [0.717, 1.165) is 41.2 Å². The van der Waals surface area contributed by atoms with Gasteiger partial charge >= 0.3 is 12.1 Å². The molecule has 174 valence electrons. The number of amides is 1. The highest BCUT2D eigenvalue weighted by molar-refractivity contribution is 7.14. The quantitative estimate of drug-likeness (QED) is 0.527. The number of anilines is 1. The van der Waals surface area contributed by atoms with Gasteiger partial charge in [0.2, 0.25) is 0 Å². The van der Waals surface area contributed by atoms with E-state index in [1.165, 1.54) is 17.0 Å². The van der Waals surface area contributed by atoms with E-state index < -0.39 is 23.6 Å². The first-order valence-electron chi connectivity index (χ1n) is 10.7. The van der Waals surface area contributed by atoms with Gasteiger partial charge in [-0.2, -0.15) is 13.2 Å². The summed E-state index contributed by atoms with van der Waals surface area (Å²) in [4.78, 5) is 28.1. The molecule has 0 radical (unpaired) electrons. The van der Waals surface area contributed by atoms with Gasteiger partial charge in [-0.05, 0) is 67.3 Å². The van der Waals surface area contributed by atoms with Gasteiger partial charge in [0.25, 0.3) is 5.91 Å². The summed E-state index contributed by atoms with van der Waals surface area (Å²) in [6, 6.07) is 5.67. The molecular weight excluding hydrogens is 439 g/mol. The Hall–Kier alpha value is -2.35. The van der Waals surface area contributed by atoms with Crippen molar-refractivity contribution in [3.8, 4) is 0 Å². The fourth-order valence-electron chi connectivity index (χ4n) is 4.00. The number of hydrogen-bond donors (Lipinski definition) is 1. The molecule has 1 saturated carbocycles. The van der Waals surface area contributed by atoms with Crippen LogP contribution in [0.25, 0.3) is 0 Å². The minimum atomic E-state index is -4.49. The molecule has 0 unspecified atom stereocenters. The number of carbonyl (C=O) groups is 2. The second-order valence-electron chi connectivity index (χ2n) is 9.54. The molecular formula is C24H28F3NO3S. The molecule has 0 saturated heterocycles. The van der Waals surface area contributed by atoms with Gasteiger partial charge in [0.05, 0.1) is 11.3 Å². The number of aromatic carboxylic acids is 1. The SMILES string of the molecule is CC1CCC(N(C(=O)c2ccc(C(F)(F)F)cc2)c2cc(C(C)(C)C)sc2C(=O)O)CC1. The molecule has 1 aromatic heterocycles. The van der Waals surface area contributed by atoms with Crippen LogP contribution in [0.15, 0.2) is 30.3 Å². The Bertz CT molecular complexity index is 981. The molecule has 0 spiro atoms. The van der Waals surface area contributed by atoms with Crippen LogP contribution in [-0.4, -0.2) is 23.0 Å². The predicted molar refractivity (Wildman–Crippen MR) is 120 cm³/mol. The van der Waals surface area contributed by atoms with Crippen molar-refractivity contribution in [2.75, 3.05) is 4.90 Å². The number of halogens is 3. The van der Waals surface area contributed by atoms with E-state index in [4.69, 9.17) is 0 Å². The predicted octanol–water partition coefficient (Wildman–Crippen LogP) is 6.99. The minimum absolute atomic E-state index is 0.0776. The zero-order chi connectivity index (χ0) is 23.8. The van der Waals surface area contributed by atoms with Crippen molar-refractivity contribution in [2.24, 2.45) is 5.92 Å². The van der Waals surface area contributed by atoms with Crippen LogP contribution in [0.2, 0.25) is 0 Å². The van der Waals surface area contributed by atoms with Gasteiger partial charge in [-0.1, -0.05) is 27.7 Å². The van der Waals surface area contributed by atoms with Crippen LogP contribution < -0.4 is 4.90 Å². The van der Waals surface area contributed by atoms with Crippen LogP contribution in [0.3, 0.4) is 0 Å². The fourth-order valence-corrected chi connectivity index (χ4v) is 5.04. The first-order chi connectivity index (χ1) is 14.8. The van der Waals surface area contributed by atoms with Crippen LogP contribution >= 0.6 is 11.3 Å². The maximum atomic E-state index is 13.6. The molecule has 1 aliphatic carbocycles. The lowest BCUT2D eigenvalue weighted by molar-refractivity contribution is -0.137. The molecule has 32 heavy (non-hydrogen) atoms. The number of carboxylic acid groups (broad SMARTS) is 1. The molecule has 8 heteroatoms. The van der Waals surface area contributed by atoms with Crippen LogP contribution in [0, 0.1) is 5.92 Å². The highest BCUT2D eigenvalue weighted by Crippen LogP contribution is 2.41. The van der Waals surface area contributed by atoms with Crippen molar-refractivity contribution in [3.05, 3.63) is 51.2 Å². The molecule has 1 heterocycles. The van der Waals surface area contributed by atoms with E-state index in [2.05, 4.69) is 6.92 Å². The Kier molecular flexibility index (Phi) is 6.75. The number of alkyl halides is 3. The Morgan fingerprint density at radius 3 is 2.06 bits per heavy atom. The summed E-state index contributed by atoms with van der Waals surface area (Å²) in [6.07, 6.45) is -1.26. The van der Waals surface area contributed by atoms with Crippen LogP contribution in [0.1, 0.15) is 83.8 Å². The molecule has 4 nitrogen and oxygen atoms in total. The summed E-state index contributed by atoms with van der Waals surface area (Å²) in [5, 5.41) is 9.86. The average molecular weight is 468 g/mol. The first kappa shape index (κ1) is 24.3. The molecule has 3 rings (SSSR count). The molecule has 1 amide bonds. The Balaban J connectivity index is 2.08. The third kappa shape index (κ3) is 5.17. The largest absolute Gasteiger partial charge is 0.477 e. The summed E-state index contributed by atoms with van der Waals surface area (Å²) < 4.78 is 38.9. The average Bonchev–Trinajstić information content (AvgIpc) is 3.15. The molecule has 1 aliphatic rings. The van der Waals surface area contributed by atoms with E-state index in [0.29, 0.717) is 24.4 Å². The summed E-state index contributed by atoms with van der Waals surface area (Å²) in [5.74, 6) is -1.07. The molecule has 0 bridgehead atoms. The lowest BCUT2D eigenvalue weighted by Crippen LogP contribution is -2.43. The van der Waals surface area contributed by atoms with Gasteiger partial charge in [-0.3, -0.25) is 4.79 Å². The topological polar surface area (TPSA) is 57.6 Å². The molecule has 0 atom stereocenters. The van der Waals surface area contributed by atoms with Crippen molar-refractivity contribution in [2.45, 2.75) is 71.0 Å². The van der Waals surface area contributed by atoms with Crippen molar-refractivity contribution < 1.29 is 27.9 Å². The van der Waals surface area contributed by atoms with Gasteiger partial charge in [-0.25, -0.2) is 4.79 Å². The van der Waals surface area contributed by atoms with Gasteiger partial charge in [-0.15, -0.1) is 11.3 Å². The van der Waals surface area contributed by atoms with Crippen LogP contribution in [0.4, 0.5) is 18.9 Å². The van der Waals surface area contributed by atoms with E-state index in [9.17, 15) is 27.9 Å².